The van der Waals surface area contributed by atoms with Crippen LogP contribution in [-0.4, -0.2) is 81.5 Å². The summed E-state index contributed by atoms with van der Waals surface area (Å²) in [4.78, 5) is 14.2. The summed E-state index contributed by atoms with van der Waals surface area (Å²) in [5.41, 5.74) is 1.65. The highest BCUT2D eigenvalue weighted by molar-refractivity contribution is 6.73. The molecule has 0 amide bonds. The zero-order valence-corrected chi connectivity index (χ0v) is 39.5. The molecule has 4 aromatic carbocycles. The van der Waals surface area contributed by atoms with E-state index in [0.717, 1.165) is 22.1 Å². The van der Waals surface area contributed by atoms with Gasteiger partial charge in [0.05, 0.1) is 62.5 Å². The first kappa shape index (κ1) is 46.0. The summed E-state index contributed by atoms with van der Waals surface area (Å²) in [6, 6.07) is 35.2. The first-order chi connectivity index (χ1) is 30.0. The van der Waals surface area contributed by atoms with Crippen molar-refractivity contribution in [3.8, 4) is 0 Å². The molecule has 0 radical (unpaired) electrons. The smallest absolute Gasteiger partial charge is 0.349 e. The van der Waals surface area contributed by atoms with Gasteiger partial charge in [0.15, 0.2) is 5.78 Å². The second kappa shape index (κ2) is 18.7. The number of ketones is 1. The molecule has 0 N–H and O–H groups in total. The van der Waals surface area contributed by atoms with Crippen LogP contribution < -0.4 is 0 Å². The van der Waals surface area contributed by atoms with Crippen LogP contribution in [0.2, 0.25) is 10.1 Å². The highest BCUT2D eigenvalue weighted by atomic mass is 28.4. The van der Waals surface area contributed by atoms with Gasteiger partial charge in [-0.2, -0.15) is 0 Å². The van der Waals surface area contributed by atoms with E-state index in [1.807, 2.05) is 49.4 Å². The lowest BCUT2D eigenvalue weighted by Crippen LogP contribution is -2.67. The van der Waals surface area contributed by atoms with Crippen LogP contribution in [0.5, 0.6) is 0 Å². The van der Waals surface area contributed by atoms with Crippen molar-refractivity contribution in [2.75, 3.05) is 13.2 Å². The predicted octanol–water partition coefficient (Wildman–Crippen LogP) is 10.8. The van der Waals surface area contributed by atoms with Crippen molar-refractivity contribution in [1.29, 1.82) is 0 Å². The SMILES string of the molecule is CC(C)(C)[Si]1(C(C)(C)C)OC[C@H]2O[C@@H](C[C@H]3O[C@H]4C[C@@H](OCc5ccccc5)[C@](C)(CCOCc5ccccc5)O[C@]4(C)C=CC3=O)[C@H](OCc3ccc4ccccc4c3)C[C@@H]2O1. The molecule has 0 saturated carbocycles. The molecule has 10 heteroatoms. The number of carbonyl (C=O) groups excluding carboxylic acids is 1. The van der Waals surface area contributed by atoms with Crippen molar-refractivity contribution in [2.45, 2.75) is 165 Å². The predicted molar refractivity (Wildman–Crippen MR) is 247 cm³/mol. The minimum Gasteiger partial charge on any atom is -0.391 e. The molecule has 0 spiro atoms. The molecular formula is C53H68O9Si. The van der Waals surface area contributed by atoms with Gasteiger partial charge >= 0.3 is 8.56 Å². The number of hydrogen-bond acceptors (Lipinski definition) is 9. The van der Waals surface area contributed by atoms with Crippen molar-refractivity contribution in [3.05, 3.63) is 132 Å². The monoisotopic (exact) mass is 876 g/mol. The molecule has 4 heterocycles. The van der Waals surface area contributed by atoms with Crippen molar-refractivity contribution in [2.24, 2.45) is 0 Å². The maximum absolute atomic E-state index is 14.2. The number of rotatable bonds is 13. The second-order valence-corrected chi connectivity index (χ2v) is 25.3. The van der Waals surface area contributed by atoms with E-state index in [2.05, 4.69) is 115 Å². The number of carbonyl (C=O) groups is 1. The molecule has 338 valence electrons. The van der Waals surface area contributed by atoms with Crippen LogP contribution in [0.15, 0.2) is 115 Å². The van der Waals surface area contributed by atoms with E-state index in [1.54, 1.807) is 6.08 Å². The summed E-state index contributed by atoms with van der Waals surface area (Å²) >= 11 is 0. The summed E-state index contributed by atoms with van der Waals surface area (Å²) in [7, 11) is -2.78. The van der Waals surface area contributed by atoms with Gasteiger partial charge in [-0.25, -0.2) is 0 Å². The van der Waals surface area contributed by atoms with Gasteiger partial charge in [0.2, 0.25) is 0 Å². The minimum atomic E-state index is -2.78. The van der Waals surface area contributed by atoms with Crippen molar-refractivity contribution >= 4 is 25.1 Å². The lowest BCUT2D eigenvalue weighted by atomic mass is 9.80. The molecule has 3 saturated heterocycles. The topological polar surface area (TPSA) is 90.9 Å². The molecule has 63 heavy (non-hydrogen) atoms. The van der Waals surface area contributed by atoms with E-state index in [0.29, 0.717) is 58.7 Å². The Bertz CT molecular complexity index is 2170. The van der Waals surface area contributed by atoms with E-state index in [-0.39, 0.29) is 40.3 Å². The third-order valence-electron chi connectivity index (χ3n) is 13.7. The van der Waals surface area contributed by atoms with Crippen molar-refractivity contribution in [1.82, 2.24) is 0 Å². The van der Waals surface area contributed by atoms with Crippen LogP contribution in [0.3, 0.4) is 0 Å². The Hall–Kier alpha value is -3.55. The lowest BCUT2D eigenvalue weighted by molar-refractivity contribution is -0.277. The highest BCUT2D eigenvalue weighted by Gasteiger charge is 2.63. The van der Waals surface area contributed by atoms with Crippen LogP contribution >= 0.6 is 0 Å². The largest absolute Gasteiger partial charge is 0.391 e. The maximum atomic E-state index is 14.2. The molecule has 0 aliphatic carbocycles. The molecule has 8 rings (SSSR count). The Labute approximate surface area is 376 Å². The van der Waals surface area contributed by atoms with Crippen molar-refractivity contribution in [3.63, 3.8) is 0 Å². The quantitative estimate of drug-likeness (QED) is 0.0962. The van der Waals surface area contributed by atoms with E-state index < -0.39 is 38.1 Å². The van der Waals surface area contributed by atoms with Crippen LogP contribution in [0.4, 0.5) is 0 Å². The summed E-state index contributed by atoms with van der Waals surface area (Å²) in [6.45, 7) is 19.8. The molecule has 9 atom stereocenters. The van der Waals surface area contributed by atoms with Crippen molar-refractivity contribution < 1.29 is 42.1 Å². The van der Waals surface area contributed by atoms with E-state index in [9.17, 15) is 4.79 Å². The number of fused-ring (bicyclic) bond motifs is 3. The molecule has 9 nitrogen and oxygen atoms in total. The number of hydrogen-bond donors (Lipinski definition) is 0. The third kappa shape index (κ3) is 10.2. The fourth-order valence-electron chi connectivity index (χ4n) is 10.4. The summed E-state index contributed by atoms with van der Waals surface area (Å²) in [5.74, 6) is -0.120. The Morgan fingerprint density at radius 1 is 0.714 bits per heavy atom. The van der Waals surface area contributed by atoms with Gasteiger partial charge in [-0.15, -0.1) is 0 Å². The molecular weight excluding hydrogens is 809 g/mol. The average molecular weight is 877 g/mol. The summed E-state index contributed by atoms with van der Waals surface area (Å²) in [6.07, 6.45) is 2.68. The van der Waals surface area contributed by atoms with Crippen LogP contribution in [0.1, 0.15) is 97.8 Å². The molecule has 4 aromatic rings. The van der Waals surface area contributed by atoms with Gasteiger partial charge < -0.3 is 37.3 Å². The van der Waals surface area contributed by atoms with E-state index in [4.69, 9.17) is 37.3 Å². The first-order valence-electron chi connectivity index (χ1n) is 23.0. The Morgan fingerprint density at radius 2 is 1.37 bits per heavy atom. The van der Waals surface area contributed by atoms with Crippen LogP contribution in [-0.2, 0) is 61.9 Å². The second-order valence-electron chi connectivity index (χ2n) is 20.6. The average Bonchev–Trinajstić information content (AvgIpc) is 3.37. The molecule has 3 fully saturated rings. The first-order valence-corrected chi connectivity index (χ1v) is 24.8. The molecule has 0 aromatic heterocycles. The zero-order chi connectivity index (χ0) is 44.5. The fraction of sp³-hybridized carbons (Fsp3) is 0.528. The molecule has 4 aliphatic rings. The van der Waals surface area contributed by atoms with Crippen LogP contribution in [0, 0.1) is 0 Å². The summed E-state index contributed by atoms with van der Waals surface area (Å²) in [5, 5.41) is 2.00. The minimum absolute atomic E-state index is 0.120. The highest BCUT2D eigenvalue weighted by Crippen LogP contribution is 2.55. The summed E-state index contributed by atoms with van der Waals surface area (Å²) < 4.78 is 55.0. The van der Waals surface area contributed by atoms with Crippen LogP contribution in [0.25, 0.3) is 10.8 Å². The van der Waals surface area contributed by atoms with E-state index in [1.165, 1.54) is 5.39 Å². The van der Waals surface area contributed by atoms with E-state index >= 15 is 0 Å². The zero-order valence-electron chi connectivity index (χ0n) is 38.5. The van der Waals surface area contributed by atoms with Gasteiger partial charge in [0.25, 0.3) is 0 Å². The third-order valence-corrected chi connectivity index (χ3v) is 18.8. The fourth-order valence-corrected chi connectivity index (χ4v) is 15.4. The Kier molecular flexibility index (Phi) is 13.7. The maximum Gasteiger partial charge on any atom is 0.349 e. The number of benzene rings is 4. The standard InChI is InChI=1S/C53H68O9Si/c1-50(2,3)63(51(4,5)6)58-36-47-46(61-63)31-44(56-35-39-23-24-40-21-15-16-22-41(40)29-39)45(59-47)30-43-42(54)25-26-52(7)49(60-43)32-48(57-34-38-19-13-10-14-20-38)53(8,62-52)27-28-55-33-37-17-11-9-12-18-37/h9-26,29,43-49H,27-28,30-36H2,1-8H3/t43-,44-,45+,46+,47-,48-,49+,52-,53+/m1/s1. The Morgan fingerprint density at radius 3 is 2.06 bits per heavy atom. The number of ether oxygens (including phenoxy) is 6. The Balaban J connectivity index is 1.02. The van der Waals surface area contributed by atoms with Gasteiger partial charge in [-0.05, 0) is 59.5 Å². The van der Waals surface area contributed by atoms with Gasteiger partial charge in [-0.1, -0.05) is 139 Å². The normalized spacial score (nSPS) is 31.0. The van der Waals surface area contributed by atoms with Gasteiger partial charge in [0.1, 0.15) is 17.8 Å². The molecule has 0 bridgehead atoms. The van der Waals surface area contributed by atoms with Gasteiger partial charge in [-0.3, -0.25) is 4.79 Å². The lowest BCUT2D eigenvalue weighted by Gasteiger charge is -2.56. The van der Waals surface area contributed by atoms with Gasteiger partial charge in [0, 0.05) is 42.4 Å². The molecule has 4 aliphatic heterocycles. The molecule has 0 unspecified atom stereocenters.